The van der Waals surface area contributed by atoms with Crippen LogP contribution in [0.4, 0.5) is 0 Å². The van der Waals surface area contributed by atoms with Crippen molar-refractivity contribution in [2.45, 2.75) is 57.7 Å². The highest BCUT2D eigenvalue weighted by Gasteiger charge is 2.20. The first-order chi connectivity index (χ1) is 6.72. The number of nitrogens with one attached hydrogen (secondary N) is 2. The van der Waals surface area contributed by atoms with Crippen LogP contribution in [0.3, 0.4) is 0 Å². The molecule has 14 heavy (non-hydrogen) atoms. The first kappa shape index (κ1) is 11.6. The molecule has 1 aliphatic carbocycles. The Hall–Kier alpha value is -0.520. The first-order valence-electron chi connectivity index (χ1n) is 5.65. The number of hydrogen-bond acceptors (Lipinski definition) is 2. The van der Waals surface area contributed by atoms with Crippen LogP contribution in [0, 0.1) is 12.3 Å². The van der Waals surface area contributed by atoms with E-state index >= 15 is 0 Å². The van der Waals surface area contributed by atoms with Crippen molar-refractivity contribution >= 4 is 0 Å². The van der Waals surface area contributed by atoms with Crippen molar-refractivity contribution < 1.29 is 0 Å². The maximum atomic E-state index is 5.21. The van der Waals surface area contributed by atoms with E-state index in [0.717, 1.165) is 6.04 Å². The Kier molecular flexibility index (Phi) is 5.00. The molecule has 0 atom stereocenters. The highest BCUT2D eigenvalue weighted by atomic mass is 15.0. The molecule has 0 radical (unpaired) electrons. The topological polar surface area (TPSA) is 24.1 Å². The molecule has 0 spiro atoms. The van der Waals surface area contributed by atoms with Crippen LogP contribution in [0.1, 0.15) is 39.5 Å². The zero-order valence-corrected chi connectivity index (χ0v) is 9.34. The Labute approximate surface area is 87.8 Å². The second-order valence-corrected chi connectivity index (χ2v) is 4.45. The monoisotopic (exact) mass is 194 g/mol. The molecule has 0 aromatic heterocycles. The quantitative estimate of drug-likeness (QED) is 0.663. The summed E-state index contributed by atoms with van der Waals surface area (Å²) in [5.41, 5.74) is 0. The van der Waals surface area contributed by atoms with Gasteiger partial charge in [-0.3, -0.25) is 0 Å². The minimum atomic E-state index is 0.607. The predicted molar refractivity (Wildman–Crippen MR) is 61.2 cm³/mol. The van der Waals surface area contributed by atoms with Gasteiger partial charge >= 0.3 is 0 Å². The maximum Gasteiger partial charge on any atom is 0.0575 e. The molecule has 0 bridgehead atoms. The van der Waals surface area contributed by atoms with Crippen molar-refractivity contribution in [1.82, 2.24) is 10.6 Å². The fraction of sp³-hybridized carbons (Fsp3) is 0.833. The molecule has 0 heterocycles. The summed E-state index contributed by atoms with van der Waals surface area (Å²) < 4.78 is 0. The highest BCUT2D eigenvalue weighted by molar-refractivity contribution is 4.90. The van der Waals surface area contributed by atoms with Crippen LogP contribution in [0.25, 0.3) is 0 Å². The lowest BCUT2D eigenvalue weighted by molar-refractivity contribution is 0.301. The summed E-state index contributed by atoms with van der Waals surface area (Å²) >= 11 is 0. The number of rotatable bonds is 4. The summed E-state index contributed by atoms with van der Waals surface area (Å²) in [5.74, 6) is 2.63. The molecule has 2 heteroatoms. The second kappa shape index (κ2) is 6.06. The van der Waals surface area contributed by atoms with Gasteiger partial charge in [0.2, 0.25) is 0 Å². The zero-order chi connectivity index (χ0) is 10.4. The Morgan fingerprint density at radius 3 is 2.29 bits per heavy atom. The van der Waals surface area contributed by atoms with Gasteiger partial charge in [0.15, 0.2) is 0 Å². The lowest BCUT2D eigenvalue weighted by atomic mass is 9.91. The summed E-state index contributed by atoms with van der Waals surface area (Å²) in [5, 5.41) is 6.97. The highest BCUT2D eigenvalue weighted by Crippen LogP contribution is 2.18. The summed E-state index contributed by atoms with van der Waals surface area (Å²) in [6.45, 7) is 5.14. The fourth-order valence-corrected chi connectivity index (χ4v) is 2.14. The Bertz CT molecular complexity index is 185. The molecule has 1 saturated carbocycles. The van der Waals surface area contributed by atoms with Crippen LogP contribution in [0.2, 0.25) is 0 Å². The van der Waals surface area contributed by atoms with E-state index in [4.69, 9.17) is 6.42 Å². The summed E-state index contributed by atoms with van der Waals surface area (Å²) in [7, 11) is 0. The SMILES string of the molecule is C#CCNC1CCC(NC(C)C)CC1. The van der Waals surface area contributed by atoms with Gasteiger partial charge in [0.1, 0.15) is 0 Å². The van der Waals surface area contributed by atoms with Gasteiger partial charge in [0, 0.05) is 18.1 Å². The molecule has 0 aliphatic heterocycles. The molecule has 2 nitrogen and oxygen atoms in total. The van der Waals surface area contributed by atoms with Crippen LogP contribution in [-0.4, -0.2) is 24.7 Å². The van der Waals surface area contributed by atoms with Gasteiger partial charge < -0.3 is 10.6 Å². The maximum absolute atomic E-state index is 5.21. The summed E-state index contributed by atoms with van der Waals surface area (Å²) in [6, 6.07) is 1.98. The van der Waals surface area contributed by atoms with E-state index in [2.05, 4.69) is 30.4 Å². The normalized spacial score (nSPS) is 27.6. The van der Waals surface area contributed by atoms with E-state index in [0.29, 0.717) is 18.6 Å². The average molecular weight is 194 g/mol. The van der Waals surface area contributed by atoms with Gasteiger partial charge in [-0.15, -0.1) is 6.42 Å². The molecular formula is C12H22N2. The third kappa shape index (κ3) is 4.13. The van der Waals surface area contributed by atoms with Crippen LogP contribution >= 0.6 is 0 Å². The third-order valence-corrected chi connectivity index (χ3v) is 2.79. The van der Waals surface area contributed by atoms with Crippen molar-refractivity contribution in [2.24, 2.45) is 0 Å². The lowest BCUT2D eigenvalue weighted by Gasteiger charge is -2.30. The van der Waals surface area contributed by atoms with Crippen molar-refractivity contribution in [3.63, 3.8) is 0 Å². The van der Waals surface area contributed by atoms with Gasteiger partial charge in [-0.25, -0.2) is 0 Å². The molecule has 0 aromatic rings. The Morgan fingerprint density at radius 1 is 1.21 bits per heavy atom. The molecule has 80 valence electrons. The Balaban J connectivity index is 2.15. The minimum Gasteiger partial charge on any atom is -0.312 e. The second-order valence-electron chi connectivity index (χ2n) is 4.45. The minimum absolute atomic E-state index is 0.607. The van der Waals surface area contributed by atoms with E-state index in [-0.39, 0.29) is 0 Å². The predicted octanol–water partition coefficient (Wildman–Crippen LogP) is 1.52. The average Bonchev–Trinajstić information content (AvgIpc) is 2.16. The smallest absolute Gasteiger partial charge is 0.0575 e. The zero-order valence-electron chi connectivity index (χ0n) is 9.34. The fourth-order valence-electron chi connectivity index (χ4n) is 2.14. The van der Waals surface area contributed by atoms with Crippen LogP contribution in [-0.2, 0) is 0 Å². The molecule has 1 fully saturated rings. The standard InChI is InChI=1S/C12H22N2/c1-4-9-13-11-5-7-12(8-6-11)14-10(2)3/h1,10-14H,5-9H2,2-3H3. The van der Waals surface area contributed by atoms with E-state index in [1.165, 1.54) is 25.7 Å². The molecule has 0 amide bonds. The summed E-state index contributed by atoms with van der Waals surface area (Å²) in [4.78, 5) is 0. The van der Waals surface area contributed by atoms with Crippen molar-refractivity contribution in [1.29, 1.82) is 0 Å². The molecule has 0 saturated heterocycles. The van der Waals surface area contributed by atoms with Crippen molar-refractivity contribution in [3.8, 4) is 12.3 Å². The van der Waals surface area contributed by atoms with E-state index in [1.807, 2.05) is 0 Å². The van der Waals surface area contributed by atoms with Crippen molar-refractivity contribution in [3.05, 3.63) is 0 Å². The third-order valence-electron chi connectivity index (χ3n) is 2.79. The van der Waals surface area contributed by atoms with Crippen molar-refractivity contribution in [2.75, 3.05) is 6.54 Å². The lowest BCUT2D eigenvalue weighted by Crippen LogP contribution is -2.42. The molecule has 1 rings (SSSR count). The summed E-state index contributed by atoms with van der Waals surface area (Å²) in [6.07, 6.45) is 10.3. The largest absolute Gasteiger partial charge is 0.312 e. The van der Waals surface area contributed by atoms with E-state index in [1.54, 1.807) is 0 Å². The van der Waals surface area contributed by atoms with Crippen LogP contribution < -0.4 is 10.6 Å². The molecule has 2 N–H and O–H groups in total. The van der Waals surface area contributed by atoms with Gasteiger partial charge in [-0.2, -0.15) is 0 Å². The van der Waals surface area contributed by atoms with Gasteiger partial charge in [0.25, 0.3) is 0 Å². The molecular weight excluding hydrogens is 172 g/mol. The van der Waals surface area contributed by atoms with Gasteiger partial charge in [0.05, 0.1) is 6.54 Å². The number of hydrogen-bond donors (Lipinski definition) is 2. The number of terminal acetylenes is 1. The van der Waals surface area contributed by atoms with E-state index in [9.17, 15) is 0 Å². The van der Waals surface area contributed by atoms with Crippen LogP contribution in [0.15, 0.2) is 0 Å². The molecule has 0 unspecified atom stereocenters. The molecule has 0 aromatic carbocycles. The first-order valence-corrected chi connectivity index (χ1v) is 5.65. The molecule has 1 aliphatic rings. The van der Waals surface area contributed by atoms with Crippen LogP contribution in [0.5, 0.6) is 0 Å². The van der Waals surface area contributed by atoms with Gasteiger partial charge in [-0.05, 0) is 25.7 Å². The van der Waals surface area contributed by atoms with E-state index < -0.39 is 0 Å². The van der Waals surface area contributed by atoms with Gasteiger partial charge in [-0.1, -0.05) is 19.8 Å². The Morgan fingerprint density at radius 2 is 1.79 bits per heavy atom.